The molecule has 6 atom stereocenters. The number of aliphatic carboxylic acids is 1. The molecule has 0 aromatic rings. The summed E-state index contributed by atoms with van der Waals surface area (Å²) in [6.07, 6.45) is 2.25. The summed E-state index contributed by atoms with van der Waals surface area (Å²) >= 11 is 0. The zero-order valence-electron chi connectivity index (χ0n) is 11.8. The fourth-order valence-corrected chi connectivity index (χ4v) is 3.43. The molecule has 1 aliphatic carbocycles. The highest BCUT2D eigenvalue weighted by Gasteiger charge is 2.43. The molecule has 0 radical (unpaired) electrons. The summed E-state index contributed by atoms with van der Waals surface area (Å²) in [5.74, 6) is -1.30. The normalized spacial score (nSPS) is 42.3. The highest BCUT2D eigenvalue weighted by atomic mass is 16.5. The lowest BCUT2D eigenvalue weighted by Gasteiger charge is -2.23. The van der Waals surface area contributed by atoms with Gasteiger partial charge < -0.3 is 15.2 Å². The van der Waals surface area contributed by atoms with E-state index in [9.17, 15) is 9.59 Å². The van der Waals surface area contributed by atoms with Gasteiger partial charge in [-0.05, 0) is 32.6 Å². The van der Waals surface area contributed by atoms with Crippen LogP contribution in [0.4, 0.5) is 0 Å². The van der Waals surface area contributed by atoms with Gasteiger partial charge in [-0.25, -0.2) is 0 Å². The maximum absolute atomic E-state index is 12.4. The number of hydrogen-bond donors (Lipinski definition) is 2. The molecule has 0 aromatic carbocycles. The van der Waals surface area contributed by atoms with Crippen LogP contribution in [-0.2, 0) is 14.3 Å². The Labute approximate surface area is 113 Å². The summed E-state index contributed by atoms with van der Waals surface area (Å²) in [6, 6.07) is -0.222. The molecule has 0 spiro atoms. The topological polar surface area (TPSA) is 75.6 Å². The lowest BCUT2D eigenvalue weighted by atomic mass is 9.88. The Balaban J connectivity index is 1.99. The van der Waals surface area contributed by atoms with Gasteiger partial charge in [-0.15, -0.1) is 0 Å². The Morgan fingerprint density at radius 1 is 1.16 bits per heavy atom. The van der Waals surface area contributed by atoms with Gasteiger partial charge in [0.1, 0.15) is 0 Å². The van der Waals surface area contributed by atoms with E-state index in [1.807, 2.05) is 20.8 Å². The minimum atomic E-state index is -0.806. The number of ether oxygens (including phenoxy) is 1. The van der Waals surface area contributed by atoms with Crippen LogP contribution in [0.1, 0.15) is 40.0 Å². The first-order chi connectivity index (χ1) is 8.91. The molecule has 1 saturated carbocycles. The molecule has 1 aliphatic heterocycles. The minimum Gasteiger partial charge on any atom is -0.481 e. The molecular weight excluding hydrogens is 246 g/mol. The van der Waals surface area contributed by atoms with Gasteiger partial charge in [0, 0.05) is 6.04 Å². The Bertz CT molecular complexity index is 370. The predicted molar refractivity (Wildman–Crippen MR) is 69.6 cm³/mol. The molecule has 2 fully saturated rings. The number of carbonyl (C=O) groups is 2. The zero-order chi connectivity index (χ0) is 14.2. The Kier molecular flexibility index (Phi) is 4.13. The van der Waals surface area contributed by atoms with Crippen molar-refractivity contribution >= 4 is 11.9 Å². The van der Waals surface area contributed by atoms with E-state index in [1.54, 1.807) is 0 Å². The van der Waals surface area contributed by atoms with E-state index < -0.39 is 11.9 Å². The summed E-state index contributed by atoms with van der Waals surface area (Å²) in [5.41, 5.74) is 0. The average Bonchev–Trinajstić information content (AvgIpc) is 2.85. The molecular formula is C14H23NO4. The van der Waals surface area contributed by atoms with Crippen molar-refractivity contribution in [1.82, 2.24) is 5.32 Å². The lowest BCUT2D eigenvalue weighted by Crippen LogP contribution is -2.45. The van der Waals surface area contributed by atoms with E-state index in [1.165, 1.54) is 0 Å². The van der Waals surface area contributed by atoms with Crippen LogP contribution in [-0.4, -0.2) is 35.2 Å². The SMILES string of the molecule is CC1OC(C)C(C(=O)NC2CCCC2C(=O)O)C1C. The number of carbonyl (C=O) groups excluding carboxylic acids is 1. The molecule has 1 amide bonds. The molecule has 5 heteroatoms. The summed E-state index contributed by atoms with van der Waals surface area (Å²) in [4.78, 5) is 23.5. The van der Waals surface area contributed by atoms with Crippen molar-refractivity contribution in [3.63, 3.8) is 0 Å². The van der Waals surface area contributed by atoms with Gasteiger partial charge in [0.15, 0.2) is 0 Å². The fraction of sp³-hybridized carbons (Fsp3) is 0.857. The van der Waals surface area contributed by atoms with E-state index in [4.69, 9.17) is 9.84 Å². The van der Waals surface area contributed by atoms with Crippen LogP contribution in [0, 0.1) is 17.8 Å². The number of rotatable bonds is 3. The summed E-state index contributed by atoms with van der Waals surface area (Å²) in [7, 11) is 0. The minimum absolute atomic E-state index is 0.0532. The second-order valence-electron chi connectivity index (χ2n) is 5.92. The molecule has 0 bridgehead atoms. The first-order valence-electron chi connectivity index (χ1n) is 7.10. The van der Waals surface area contributed by atoms with Gasteiger partial charge >= 0.3 is 5.97 Å². The summed E-state index contributed by atoms with van der Waals surface area (Å²) < 4.78 is 5.67. The van der Waals surface area contributed by atoms with E-state index >= 15 is 0 Å². The summed E-state index contributed by atoms with van der Waals surface area (Å²) in [5, 5.41) is 12.1. The fourth-order valence-electron chi connectivity index (χ4n) is 3.43. The van der Waals surface area contributed by atoms with Crippen molar-refractivity contribution in [2.75, 3.05) is 0 Å². The molecule has 6 unspecified atom stereocenters. The number of amides is 1. The smallest absolute Gasteiger partial charge is 0.308 e. The van der Waals surface area contributed by atoms with Gasteiger partial charge in [0.2, 0.25) is 5.91 Å². The Morgan fingerprint density at radius 3 is 2.37 bits per heavy atom. The largest absolute Gasteiger partial charge is 0.481 e. The second kappa shape index (κ2) is 5.49. The van der Waals surface area contributed by atoms with Crippen LogP contribution in [0.3, 0.4) is 0 Å². The third-order valence-electron chi connectivity index (χ3n) is 4.71. The summed E-state index contributed by atoms with van der Waals surface area (Å²) in [6.45, 7) is 5.90. The number of hydrogen-bond acceptors (Lipinski definition) is 3. The lowest BCUT2D eigenvalue weighted by molar-refractivity contribution is -0.142. The maximum Gasteiger partial charge on any atom is 0.308 e. The highest BCUT2D eigenvalue weighted by molar-refractivity contribution is 5.81. The van der Waals surface area contributed by atoms with Crippen LogP contribution < -0.4 is 5.32 Å². The maximum atomic E-state index is 12.4. The number of nitrogens with one attached hydrogen (secondary N) is 1. The van der Waals surface area contributed by atoms with Crippen LogP contribution >= 0.6 is 0 Å². The van der Waals surface area contributed by atoms with Crippen molar-refractivity contribution < 1.29 is 19.4 Å². The van der Waals surface area contributed by atoms with Gasteiger partial charge in [-0.1, -0.05) is 13.3 Å². The van der Waals surface area contributed by atoms with E-state index in [2.05, 4.69) is 5.32 Å². The van der Waals surface area contributed by atoms with Crippen LogP contribution in [0.25, 0.3) is 0 Å². The van der Waals surface area contributed by atoms with Crippen molar-refractivity contribution in [1.29, 1.82) is 0 Å². The molecule has 19 heavy (non-hydrogen) atoms. The van der Waals surface area contributed by atoms with Crippen LogP contribution in [0.5, 0.6) is 0 Å². The third kappa shape index (κ3) is 2.76. The third-order valence-corrected chi connectivity index (χ3v) is 4.71. The first kappa shape index (κ1) is 14.3. The van der Waals surface area contributed by atoms with Crippen LogP contribution in [0.2, 0.25) is 0 Å². The Morgan fingerprint density at radius 2 is 1.84 bits per heavy atom. The monoisotopic (exact) mass is 269 g/mol. The molecule has 0 aromatic heterocycles. The van der Waals surface area contributed by atoms with Crippen molar-refractivity contribution in [3.8, 4) is 0 Å². The van der Waals surface area contributed by atoms with Gasteiger partial charge in [-0.3, -0.25) is 9.59 Å². The number of carboxylic acid groups (broad SMARTS) is 1. The molecule has 2 N–H and O–H groups in total. The number of carboxylic acids is 1. The molecule has 2 aliphatic rings. The first-order valence-corrected chi connectivity index (χ1v) is 7.10. The van der Waals surface area contributed by atoms with Crippen molar-refractivity contribution in [2.45, 2.75) is 58.3 Å². The van der Waals surface area contributed by atoms with E-state index in [0.717, 1.165) is 12.8 Å². The molecule has 1 heterocycles. The molecule has 2 rings (SSSR count). The van der Waals surface area contributed by atoms with Gasteiger partial charge in [0.25, 0.3) is 0 Å². The van der Waals surface area contributed by atoms with Gasteiger partial charge in [0.05, 0.1) is 24.0 Å². The average molecular weight is 269 g/mol. The standard InChI is InChI=1S/C14H23NO4/c1-7-8(2)19-9(3)12(7)13(16)15-11-6-4-5-10(11)14(17)18/h7-12H,4-6H2,1-3H3,(H,15,16)(H,17,18). The van der Waals surface area contributed by atoms with Crippen molar-refractivity contribution in [3.05, 3.63) is 0 Å². The molecule has 108 valence electrons. The quantitative estimate of drug-likeness (QED) is 0.812. The van der Waals surface area contributed by atoms with Crippen LogP contribution in [0.15, 0.2) is 0 Å². The van der Waals surface area contributed by atoms with E-state index in [-0.39, 0.29) is 36.0 Å². The van der Waals surface area contributed by atoms with Gasteiger partial charge in [-0.2, -0.15) is 0 Å². The molecule has 1 saturated heterocycles. The predicted octanol–water partition coefficient (Wildman–Crippen LogP) is 1.42. The highest BCUT2D eigenvalue weighted by Crippen LogP contribution is 2.33. The van der Waals surface area contributed by atoms with Crippen molar-refractivity contribution in [2.24, 2.45) is 17.8 Å². The second-order valence-corrected chi connectivity index (χ2v) is 5.92. The Hall–Kier alpha value is -1.10. The molecule has 5 nitrogen and oxygen atoms in total. The van der Waals surface area contributed by atoms with E-state index in [0.29, 0.717) is 6.42 Å². The zero-order valence-corrected chi connectivity index (χ0v) is 11.8.